The van der Waals surface area contributed by atoms with Crippen LogP contribution >= 0.6 is 0 Å². The van der Waals surface area contributed by atoms with Crippen molar-refractivity contribution in [2.24, 2.45) is 0 Å². The fraction of sp³-hybridized carbons (Fsp3) is 0.667. The second-order valence-corrected chi connectivity index (χ2v) is 14.8. The first-order valence-electron chi connectivity index (χ1n) is 8.47. The Morgan fingerprint density at radius 1 is 1.12 bits per heavy atom. The van der Waals surface area contributed by atoms with E-state index in [0.29, 0.717) is 17.7 Å². The Labute approximate surface area is 148 Å². The highest BCUT2D eigenvalue weighted by Gasteiger charge is 2.39. The first-order valence-corrected chi connectivity index (χ1v) is 13.0. The first-order chi connectivity index (χ1) is 10.9. The smallest absolute Gasteiger partial charge is 0.192 e. The highest BCUT2D eigenvalue weighted by molar-refractivity contribution is 7.91. The van der Waals surface area contributed by atoms with Crippen LogP contribution in [0, 0.1) is 6.92 Å². The van der Waals surface area contributed by atoms with Crippen LogP contribution in [-0.4, -0.2) is 40.3 Å². The van der Waals surface area contributed by atoms with E-state index < -0.39 is 18.2 Å². The van der Waals surface area contributed by atoms with Crippen LogP contribution < -0.4 is 0 Å². The third-order valence-electron chi connectivity index (χ3n) is 4.81. The standard InChI is InChI=1S/C18H32O4SSi/c1-15-7-9-17(10-8-15)23(20,21)14-12-16(11-13-19)22-24(5,6)18(2,3)4/h7-10,16,19H,11-14H2,1-6H3/t16-/m0/s1. The number of aliphatic hydroxyl groups excluding tert-OH is 1. The Kier molecular flexibility index (Phi) is 7.23. The van der Waals surface area contributed by atoms with Crippen molar-refractivity contribution >= 4 is 18.2 Å². The molecule has 1 aromatic carbocycles. The molecule has 0 radical (unpaired) electrons. The molecule has 138 valence electrons. The number of benzene rings is 1. The quantitative estimate of drug-likeness (QED) is 0.702. The molecule has 0 aliphatic carbocycles. The number of sulfone groups is 1. The molecule has 0 fully saturated rings. The van der Waals surface area contributed by atoms with Crippen LogP contribution in [0.25, 0.3) is 0 Å². The summed E-state index contributed by atoms with van der Waals surface area (Å²) in [5.74, 6) is 0.0371. The van der Waals surface area contributed by atoms with Gasteiger partial charge < -0.3 is 9.53 Å². The fourth-order valence-electron chi connectivity index (χ4n) is 2.15. The molecule has 0 aliphatic heterocycles. The van der Waals surface area contributed by atoms with E-state index in [4.69, 9.17) is 4.43 Å². The molecule has 1 N–H and O–H groups in total. The lowest BCUT2D eigenvalue weighted by molar-refractivity contribution is 0.136. The van der Waals surface area contributed by atoms with E-state index in [0.717, 1.165) is 5.56 Å². The molecule has 1 rings (SSSR count). The van der Waals surface area contributed by atoms with Crippen molar-refractivity contribution in [1.29, 1.82) is 0 Å². The molecule has 0 aromatic heterocycles. The number of aryl methyl sites for hydroxylation is 1. The molecule has 0 aliphatic rings. The van der Waals surface area contributed by atoms with Gasteiger partial charge in [0.1, 0.15) is 0 Å². The van der Waals surface area contributed by atoms with E-state index >= 15 is 0 Å². The van der Waals surface area contributed by atoms with Crippen LogP contribution in [0.3, 0.4) is 0 Å². The number of aliphatic hydroxyl groups is 1. The molecule has 0 saturated carbocycles. The topological polar surface area (TPSA) is 63.6 Å². The maximum absolute atomic E-state index is 12.5. The molecule has 4 nitrogen and oxygen atoms in total. The van der Waals surface area contributed by atoms with Crippen molar-refractivity contribution in [1.82, 2.24) is 0 Å². The van der Waals surface area contributed by atoms with Gasteiger partial charge in [0, 0.05) is 12.7 Å². The molecule has 0 bridgehead atoms. The average molecular weight is 373 g/mol. The SMILES string of the molecule is Cc1ccc(S(=O)(=O)CC[C@H](CCO)O[Si](C)(C)C(C)(C)C)cc1. The lowest BCUT2D eigenvalue weighted by Gasteiger charge is -2.39. The predicted molar refractivity (Wildman–Crippen MR) is 102 cm³/mol. The van der Waals surface area contributed by atoms with E-state index in [9.17, 15) is 13.5 Å². The van der Waals surface area contributed by atoms with Gasteiger partial charge in [0.2, 0.25) is 0 Å². The molecular weight excluding hydrogens is 340 g/mol. The zero-order chi connectivity index (χ0) is 18.6. The van der Waals surface area contributed by atoms with Gasteiger partial charge in [0.25, 0.3) is 0 Å². The zero-order valence-corrected chi connectivity index (χ0v) is 17.6. The van der Waals surface area contributed by atoms with Crippen molar-refractivity contribution in [2.75, 3.05) is 12.4 Å². The summed E-state index contributed by atoms with van der Waals surface area (Å²) in [6, 6.07) is 6.93. The fourth-order valence-corrected chi connectivity index (χ4v) is 4.93. The van der Waals surface area contributed by atoms with Gasteiger partial charge in [0.05, 0.1) is 10.6 Å². The molecule has 0 amide bonds. The van der Waals surface area contributed by atoms with Gasteiger partial charge in [-0.3, -0.25) is 0 Å². The zero-order valence-electron chi connectivity index (χ0n) is 15.8. The summed E-state index contributed by atoms with van der Waals surface area (Å²) in [6.45, 7) is 12.7. The van der Waals surface area contributed by atoms with Gasteiger partial charge in [-0.15, -0.1) is 0 Å². The van der Waals surface area contributed by atoms with Gasteiger partial charge in [-0.1, -0.05) is 38.5 Å². The number of hydrogen-bond donors (Lipinski definition) is 1. The normalized spacial score (nSPS) is 14.6. The van der Waals surface area contributed by atoms with Gasteiger partial charge >= 0.3 is 0 Å². The second kappa shape index (κ2) is 8.12. The minimum atomic E-state index is -3.33. The molecule has 1 aromatic rings. The minimum Gasteiger partial charge on any atom is -0.414 e. The summed E-state index contributed by atoms with van der Waals surface area (Å²) in [6.07, 6.45) is 0.648. The van der Waals surface area contributed by atoms with Gasteiger partial charge in [0.15, 0.2) is 18.2 Å². The Balaban J connectivity index is 2.81. The van der Waals surface area contributed by atoms with Crippen LogP contribution in [0.2, 0.25) is 18.1 Å². The van der Waals surface area contributed by atoms with Crippen LogP contribution in [0.4, 0.5) is 0 Å². The van der Waals surface area contributed by atoms with E-state index in [-0.39, 0.29) is 23.5 Å². The summed E-state index contributed by atoms with van der Waals surface area (Å²) >= 11 is 0. The molecule has 1 atom stereocenters. The van der Waals surface area contributed by atoms with Gasteiger partial charge in [-0.05, 0) is 50.0 Å². The molecule has 24 heavy (non-hydrogen) atoms. The summed E-state index contributed by atoms with van der Waals surface area (Å²) in [5, 5.41) is 9.35. The van der Waals surface area contributed by atoms with E-state index in [1.165, 1.54) is 0 Å². The first kappa shape index (κ1) is 21.3. The largest absolute Gasteiger partial charge is 0.414 e. The van der Waals surface area contributed by atoms with Crippen LogP contribution in [-0.2, 0) is 14.3 Å². The lowest BCUT2D eigenvalue weighted by atomic mass is 10.2. The van der Waals surface area contributed by atoms with Crippen molar-refractivity contribution in [3.05, 3.63) is 29.8 Å². The van der Waals surface area contributed by atoms with E-state index in [2.05, 4.69) is 33.9 Å². The third-order valence-corrected chi connectivity index (χ3v) is 11.1. The maximum Gasteiger partial charge on any atom is 0.192 e. The predicted octanol–water partition coefficient (Wildman–Crippen LogP) is 3.93. The Morgan fingerprint density at radius 3 is 2.12 bits per heavy atom. The monoisotopic (exact) mass is 372 g/mol. The summed E-state index contributed by atoms with van der Waals surface area (Å²) in [7, 11) is -5.32. The van der Waals surface area contributed by atoms with Crippen molar-refractivity contribution in [2.45, 2.75) is 69.7 Å². The van der Waals surface area contributed by atoms with Crippen LogP contribution in [0.1, 0.15) is 39.2 Å². The molecule has 0 unspecified atom stereocenters. The Bertz CT molecular complexity index is 615. The summed E-state index contributed by atoms with van der Waals surface area (Å²) in [4.78, 5) is 0.350. The van der Waals surface area contributed by atoms with Crippen molar-refractivity contribution in [3.8, 4) is 0 Å². The van der Waals surface area contributed by atoms with Crippen LogP contribution in [0.5, 0.6) is 0 Å². The van der Waals surface area contributed by atoms with Gasteiger partial charge in [-0.2, -0.15) is 0 Å². The Hall–Kier alpha value is -0.693. The second-order valence-electron chi connectivity index (χ2n) is 7.93. The van der Waals surface area contributed by atoms with Crippen molar-refractivity contribution < 1.29 is 18.0 Å². The molecule has 6 heteroatoms. The summed E-state index contributed by atoms with van der Waals surface area (Å²) < 4.78 is 31.3. The van der Waals surface area contributed by atoms with Crippen molar-refractivity contribution in [3.63, 3.8) is 0 Å². The number of rotatable bonds is 8. The molecule has 0 heterocycles. The number of hydrogen-bond acceptors (Lipinski definition) is 4. The molecule has 0 saturated heterocycles. The molecular formula is C18H32O4SSi. The minimum absolute atomic E-state index is 0.00384. The Morgan fingerprint density at radius 2 is 1.67 bits per heavy atom. The van der Waals surface area contributed by atoms with E-state index in [1.807, 2.05) is 19.1 Å². The highest BCUT2D eigenvalue weighted by Crippen LogP contribution is 2.38. The summed E-state index contributed by atoms with van der Waals surface area (Å²) in [5.41, 5.74) is 1.04. The van der Waals surface area contributed by atoms with Crippen LogP contribution in [0.15, 0.2) is 29.2 Å². The average Bonchev–Trinajstić information content (AvgIpc) is 2.44. The highest BCUT2D eigenvalue weighted by atomic mass is 32.2. The van der Waals surface area contributed by atoms with E-state index in [1.54, 1.807) is 12.1 Å². The third kappa shape index (κ3) is 5.99. The lowest BCUT2D eigenvalue weighted by Crippen LogP contribution is -2.44. The van der Waals surface area contributed by atoms with Gasteiger partial charge in [-0.25, -0.2) is 8.42 Å². The molecule has 0 spiro atoms. The maximum atomic E-state index is 12.5.